The molecule has 0 fully saturated rings. The Morgan fingerprint density at radius 3 is 2.82 bits per heavy atom. The van der Waals surface area contributed by atoms with Crippen LogP contribution in [-0.4, -0.2) is 9.24 Å². The van der Waals surface area contributed by atoms with Gasteiger partial charge in [-0.05, 0) is 35.4 Å². The Morgan fingerprint density at radius 1 is 1.09 bits per heavy atom. The number of fused-ring (bicyclic) bond motifs is 2. The van der Waals surface area contributed by atoms with E-state index in [-0.39, 0.29) is 0 Å². The molecular formula is C19H19N3. The minimum Gasteiger partial charge on any atom is -0.347 e. The lowest BCUT2D eigenvalue weighted by Gasteiger charge is -2.12. The minimum atomic E-state index is 0.414. The van der Waals surface area contributed by atoms with E-state index in [0.717, 1.165) is 5.52 Å². The highest BCUT2D eigenvalue weighted by atomic mass is 15.3. The molecule has 1 unspecified atom stereocenters. The van der Waals surface area contributed by atoms with E-state index < -0.39 is 0 Å². The Labute approximate surface area is 129 Å². The number of benzene rings is 1. The van der Waals surface area contributed by atoms with Gasteiger partial charge in [0.05, 0.1) is 5.52 Å². The standard InChI is InChI=1S/C19H19N3/c1-13-5-3-4-6-16-12-18(21(2)19(13)16)14-7-8-17-15(11-14)9-10-22(17)20/h3-13H,20H2,1-2H3. The first kappa shape index (κ1) is 13.0. The van der Waals surface area contributed by atoms with Crippen LogP contribution in [0.1, 0.15) is 24.1 Å². The molecule has 22 heavy (non-hydrogen) atoms. The van der Waals surface area contributed by atoms with Gasteiger partial charge in [-0.15, -0.1) is 0 Å². The average molecular weight is 289 g/mol. The summed E-state index contributed by atoms with van der Waals surface area (Å²) >= 11 is 0. The van der Waals surface area contributed by atoms with Crippen molar-refractivity contribution >= 4 is 17.0 Å². The number of aromatic nitrogens is 2. The Morgan fingerprint density at radius 2 is 1.95 bits per heavy atom. The first-order valence-electron chi connectivity index (χ1n) is 7.56. The molecule has 3 nitrogen and oxygen atoms in total. The lowest BCUT2D eigenvalue weighted by atomic mass is 10.1. The molecule has 4 rings (SSSR count). The average Bonchev–Trinajstić information content (AvgIpc) is 2.97. The lowest BCUT2D eigenvalue weighted by molar-refractivity contribution is 0.791. The largest absolute Gasteiger partial charge is 0.347 e. The van der Waals surface area contributed by atoms with Gasteiger partial charge in [-0.1, -0.05) is 37.3 Å². The van der Waals surface area contributed by atoms with E-state index in [4.69, 9.17) is 5.84 Å². The van der Waals surface area contributed by atoms with E-state index in [9.17, 15) is 0 Å². The van der Waals surface area contributed by atoms with Crippen LogP contribution in [0.4, 0.5) is 0 Å². The number of hydrogen-bond donors (Lipinski definition) is 1. The van der Waals surface area contributed by atoms with Gasteiger partial charge in [0, 0.05) is 35.9 Å². The summed E-state index contributed by atoms with van der Waals surface area (Å²) in [6.07, 6.45) is 10.6. The highest BCUT2D eigenvalue weighted by Crippen LogP contribution is 2.33. The monoisotopic (exact) mass is 289 g/mol. The number of nitrogens with two attached hydrogens (primary N) is 1. The summed E-state index contributed by atoms with van der Waals surface area (Å²) in [5, 5.41) is 1.17. The third-order valence-corrected chi connectivity index (χ3v) is 4.54. The Kier molecular flexibility index (Phi) is 2.76. The predicted octanol–water partition coefficient (Wildman–Crippen LogP) is 4.05. The first-order chi connectivity index (χ1) is 10.6. The number of nitrogens with zero attached hydrogens (tertiary/aromatic N) is 2. The Balaban J connectivity index is 1.90. The SMILES string of the molecule is CC1C=CC=Cc2cc(-c3ccc4c(ccn4N)c3)n(C)c21. The first-order valence-corrected chi connectivity index (χ1v) is 7.56. The molecule has 3 heteroatoms. The van der Waals surface area contributed by atoms with Crippen molar-refractivity contribution in [3.05, 3.63) is 66.0 Å². The molecule has 0 saturated carbocycles. The smallest absolute Gasteiger partial charge is 0.0690 e. The second kappa shape index (κ2) is 4.67. The van der Waals surface area contributed by atoms with Gasteiger partial charge in [0.2, 0.25) is 0 Å². The highest BCUT2D eigenvalue weighted by molar-refractivity contribution is 5.85. The molecule has 0 spiro atoms. The maximum Gasteiger partial charge on any atom is 0.0690 e. The predicted molar refractivity (Wildman–Crippen MR) is 93.1 cm³/mol. The maximum absolute atomic E-state index is 5.90. The summed E-state index contributed by atoms with van der Waals surface area (Å²) in [7, 11) is 2.15. The van der Waals surface area contributed by atoms with Crippen LogP contribution in [0.2, 0.25) is 0 Å². The molecule has 0 amide bonds. The molecule has 3 aromatic rings. The van der Waals surface area contributed by atoms with E-state index in [1.807, 2.05) is 6.20 Å². The van der Waals surface area contributed by atoms with Crippen LogP contribution < -0.4 is 5.84 Å². The molecule has 2 N–H and O–H groups in total. The van der Waals surface area contributed by atoms with Crippen molar-refractivity contribution in [2.45, 2.75) is 12.8 Å². The van der Waals surface area contributed by atoms with Crippen molar-refractivity contribution in [1.82, 2.24) is 9.24 Å². The fourth-order valence-electron chi connectivity index (χ4n) is 3.42. The van der Waals surface area contributed by atoms with Gasteiger partial charge in [-0.2, -0.15) is 0 Å². The molecule has 2 aromatic heterocycles. The van der Waals surface area contributed by atoms with E-state index in [1.54, 1.807) is 4.68 Å². The Bertz CT molecular complexity index is 922. The minimum absolute atomic E-state index is 0.414. The van der Waals surface area contributed by atoms with Crippen LogP contribution in [0.25, 0.3) is 28.2 Å². The zero-order valence-electron chi connectivity index (χ0n) is 12.8. The third kappa shape index (κ3) is 1.82. The van der Waals surface area contributed by atoms with Crippen molar-refractivity contribution in [2.75, 3.05) is 5.84 Å². The second-order valence-corrected chi connectivity index (χ2v) is 5.96. The third-order valence-electron chi connectivity index (χ3n) is 4.54. The van der Waals surface area contributed by atoms with Crippen LogP contribution >= 0.6 is 0 Å². The van der Waals surface area contributed by atoms with Crippen LogP contribution in [-0.2, 0) is 7.05 Å². The van der Waals surface area contributed by atoms with Crippen LogP contribution in [0.3, 0.4) is 0 Å². The zero-order chi connectivity index (χ0) is 15.3. The normalized spacial score (nSPS) is 16.9. The maximum atomic E-state index is 5.90. The van der Waals surface area contributed by atoms with Gasteiger partial charge in [-0.25, -0.2) is 0 Å². The summed E-state index contributed by atoms with van der Waals surface area (Å²) in [5.41, 5.74) is 6.17. The molecule has 110 valence electrons. The van der Waals surface area contributed by atoms with Crippen molar-refractivity contribution in [3.8, 4) is 11.3 Å². The molecule has 0 aliphatic heterocycles. The summed E-state index contributed by atoms with van der Waals surface area (Å²) in [5.74, 6) is 6.32. The van der Waals surface area contributed by atoms with Gasteiger partial charge < -0.3 is 10.4 Å². The topological polar surface area (TPSA) is 35.9 Å². The molecule has 0 radical (unpaired) electrons. The van der Waals surface area contributed by atoms with Crippen molar-refractivity contribution in [1.29, 1.82) is 0 Å². The summed E-state index contributed by atoms with van der Waals surface area (Å²) in [6, 6.07) is 10.8. The molecule has 0 saturated heterocycles. The molecule has 1 aliphatic rings. The van der Waals surface area contributed by atoms with Crippen LogP contribution in [0, 0.1) is 0 Å². The summed E-state index contributed by atoms with van der Waals surface area (Å²) in [6.45, 7) is 2.24. The molecule has 1 aromatic carbocycles. The molecule has 1 atom stereocenters. The van der Waals surface area contributed by atoms with Crippen LogP contribution in [0.5, 0.6) is 0 Å². The van der Waals surface area contributed by atoms with E-state index in [0.29, 0.717) is 5.92 Å². The number of rotatable bonds is 1. The lowest BCUT2D eigenvalue weighted by Crippen LogP contribution is -2.04. The highest BCUT2D eigenvalue weighted by Gasteiger charge is 2.17. The van der Waals surface area contributed by atoms with Crippen molar-refractivity contribution < 1.29 is 0 Å². The Hall–Kier alpha value is -2.68. The number of hydrogen-bond acceptors (Lipinski definition) is 1. The van der Waals surface area contributed by atoms with Crippen LogP contribution in [0.15, 0.2) is 54.8 Å². The molecular weight excluding hydrogens is 270 g/mol. The van der Waals surface area contributed by atoms with Gasteiger partial charge in [-0.3, -0.25) is 4.68 Å². The van der Waals surface area contributed by atoms with Gasteiger partial charge >= 0.3 is 0 Å². The van der Waals surface area contributed by atoms with E-state index in [2.05, 4.69) is 73.2 Å². The van der Waals surface area contributed by atoms with Crippen molar-refractivity contribution in [3.63, 3.8) is 0 Å². The summed E-state index contributed by atoms with van der Waals surface area (Å²) < 4.78 is 3.97. The van der Waals surface area contributed by atoms with Gasteiger partial charge in [0.1, 0.15) is 0 Å². The fourth-order valence-corrected chi connectivity index (χ4v) is 3.42. The van der Waals surface area contributed by atoms with Gasteiger partial charge in [0.15, 0.2) is 0 Å². The second-order valence-electron chi connectivity index (χ2n) is 5.96. The van der Waals surface area contributed by atoms with Crippen molar-refractivity contribution in [2.24, 2.45) is 7.05 Å². The molecule has 1 aliphatic carbocycles. The number of nitrogen functional groups attached to an aromatic ring is 1. The van der Waals surface area contributed by atoms with E-state index in [1.165, 1.54) is 27.9 Å². The quantitative estimate of drug-likeness (QED) is 0.674. The molecule has 0 bridgehead atoms. The van der Waals surface area contributed by atoms with E-state index >= 15 is 0 Å². The van der Waals surface area contributed by atoms with Gasteiger partial charge in [0.25, 0.3) is 0 Å². The molecule has 2 heterocycles. The number of allylic oxidation sites excluding steroid dienone is 3. The zero-order valence-corrected chi connectivity index (χ0v) is 12.8. The summed E-state index contributed by atoms with van der Waals surface area (Å²) in [4.78, 5) is 0. The fraction of sp³-hybridized carbons (Fsp3) is 0.158.